The fourth-order valence-electron chi connectivity index (χ4n) is 2.50. The molecule has 0 unspecified atom stereocenters. The summed E-state index contributed by atoms with van der Waals surface area (Å²) in [6.07, 6.45) is 0. The average molecular weight is 367 g/mol. The lowest BCUT2D eigenvalue weighted by Crippen LogP contribution is -2.53. The number of rotatable bonds is 3. The fourth-order valence-corrected chi connectivity index (χ4v) is 2.50. The predicted molar refractivity (Wildman–Crippen MR) is 91.3 cm³/mol. The van der Waals surface area contributed by atoms with Crippen LogP contribution < -0.4 is 5.32 Å². The molecule has 0 aromatic heterocycles. The van der Waals surface area contributed by atoms with Crippen molar-refractivity contribution in [3.8, 4) is 0 Å². The Balaban J connectivity index is 1.86. The van der Waals surface area contributed by atoms with Crippen molar-refractivity contribution in [1.82, 2.24) is 15.1 Å². The summed E-state index contributed by atoms with van der Waals surface area (Å²) in [6.45, 7) is 6.40. The van der Waals surface area contributed by atoms with E-state index in [9.17, 15) is 23.2 Å². The third kappa shape index (κ3) is 4.77. The van der Waals surface area contributed by atoms with Crippen molar-refractivity contribution in [1.29, 1.82) is 0 Å². The second-order valence-electron chi connectivity index (χ2n) is 7.23. The summed E-state index contributed by atoms with van der Waals surface area (Å²) in [6, 6.07) is 3.03. The van der Waals surface area contributed by atoms with Gasteiger partial charge >= 0.3 is 0 Å². The first-order valence-electron chi connectivity index (χ1n) is 8.40. The molecule has 0 spiro atoms. The van der Waals surface area contributed by atoms with Crippen molar-refractivity contribution < 1.29 is 23.2 Å². The molecule has 0 saturated carbocycles. The zero-order valence-electron chi connectivity index (χ0n) is 15.1. The predicted octanol–water partition coefficient (Wildman–Crippen LogP) is 1.41. The van der Waals surface area contributed by atoms with E-state index in [2.05, 4.69) is 5.32 Å². The lowest BCUT2D eigenvalue weighted by atomic mass is 9.96. The smallest absolute Gasteiger partial charge is 0.254 e. The monoisotopic (exact) mass is 367 g/mol. The Bertz CT molecular complexity index is 708. The molecule has 1 aliphatic rings. The lowest BCUT2D eigenvalue weighted by molar-refractivity contribution is -0.136. The number of carbonyl (C=O) groups is 3. The normalized spacial score (nSPS) is 15.0. The van der Waals surface area contributed by atoms with Gasteiger partial charge in [-0.1, -0.05) is 20.8 Å². The molecule has 2 rings (SSSR count). The minimum absolute atomic E-state index is 0.0705. The molecule has 8 heteroatoms. The summed E-state index contributed by atoms with van der Waals surface area (Å²) in [7, 11) is 0. The van der Waals surface area contributed by atoms with E-state index in [1.54, 1.807) is 25.7 Å². The van der Waals surface area contributed by atoms with Crippen LogP contribution in [-0.4, -0.2) is 60.2 Å². The van der Waals surface area contributed by atoms with Crippen molar-refractivity contribution in [2.24, 2.45) is 5.41 Å². The molecule has 1 N–H and O–H groups in total. The molecule has 1 aliphatic heterocycles. The molecule has 26 heavy (non-hydrogen) atoms. The van der Waals surface area contributed by atoms with Crippen LogP contribution in [0.5, 0.6) is 0 Å². The molecule has 1 aromatic rings. The molecule has 0 radical (unpaired) electrons. The number of nitrogens with zero attached hydrogens (tertiary/aromatic N) is 2. The highest BCUT2D eigenvalue weighted by atomic mass is 19.2. The maximum Gasteiger partial charge on any atom is 0.254 e. The molecule has 1 saturated heterocycles. The zero-order chi connectivity index (χ0) is 19.5. The Labute approximate surface area is 151 Å². The van der Waals surface area contributed by atoms with Crippen LogP contribution in [0, 0.1) is 17.0 Å². The van der Waals surface area contributed by atoms with E-state index >= 15 is 0 Å². The fraction of sp³-hybridized carbons (Fsp3) is 0.500. The zero-order valence-corrected chi connectivity index (χ0v) is 15.1. The Morgan fingerprint density at radius 2 is 1.58 bits per heavy atom. The Morgan fingerprint density at radius 1 is 1.00 bits per heavy atom. The van der Waals surface area contributed by atoms with Gasteiger partial charge in [0.1, 0.15) is 0 Å². The average Bonchev–Trinajstić information content (AvgIpc) is 2.60. The Morgan fingerprint density at radius 3 is 2.12 bits per heavy atom. The van der Waals surface area contributed by atoms with E-state index in [0.717, 1.165) is 12.1 Å². The van der Waals surface area contributed by atoms with Crippen molar-refractivity contribution in [2.45, 2.75) is 20.8 Å². The van der Waals surface area contributed by atoms with Gasteiger partial charge in [0.05, 0.1) is 6.54 Å². The van der Waals surface area contributed by atoms with Gasteiger partial charge in [-0.05, 0) is 18.2 Å². The van der Waals surface area contributed by atoms with Crippen LogP contribution in [0.1, 0.15) is 31.1 Å². The van der Waals surface area contributed by atoms with E-state index < -0.39 is 23.0 Å². The van der Waals surface area contributed by atoms with Gasteiger partial charge < -0.3 is 15.1 Å². The van der Waals surface area contributed by atoms with Gasteiger partial charge in [0.25, 0.3) is 5.91 Å². The summed E-state index contributed by atoms with van der Waals surface area (Å²) in [5.41, 5.74) is -0.503. The van der Waals surface area contributed by atoms with Crippen molar-refractivity contribution in [2.75, 3.05) is 32.7 Å². The van der Waals surface area contributed by atoms with Gasteiger partial charge in [-0.3, -0.25) is 14.4 Å². The Kier molecular flexibility index (Phi) is 5.94. The van der Waals surface area contributed by atoms with Crippen molar-refractivity contribution in [3.63, 3.8) is 0 Å². The number of carbonyl (C=O) groups excluding carboxylic acids is 3. The quantitative estimate of drug-likeness (QED) is 0.878. The highest BCUT2D eigenvalue weighted by Crippen LogP contribution is 2.14. The van der Waals surface area contributed by atoms with Crippen molar-refractivity contribution in [3.05, 3.63) is 35.4 Å². The molecule has 142 valence electrons. The summed E-state index contributed by atoms with van der Waals surface area (Å²) in [5.74, 6) is -2.91. The van der Waals surface area contributed by atoms with E-state index in [0.29, 0.717) is 13.1 Å². The van der Waals surface area contributed by atoms with Gasteiger partial charge in [0.15, 0.2) is 11.6 Å². The second kappa shape index (κ2) is 7.80. The van der Waals surface area contributed by atoms with Gasteiger partial charge in [-0.2, -0.15) is 0 Å². The molecule has 6 nitrogen and oxygen atoms in total. The number of nitrogens with one attached hydrogen (secondary N) is 1. The Hall–Kier alpha value is -2.51. The maximum absolute atomic E-state index is 13.3. The van der Waals surface area contributed by atoms with Crippen molar-refractivity contribution >= 4 is 17.7 Å². The minimum atomic E-state index is -1.07. The third-order valence-electron chi connectivity index (χ3n) is 4.17. The van der Waals surface area contributed by atoms with Crippen LogP contribution >= 0.6 is 0 Å². The molecule has 0 bridgehead atoms. The van der Waals surface area contributed by atoms with E-state index in [1.807, 2.05) is 0 Å². The largest absolute Gasteiger partial charge is 0.347 e. The number of piperazine rings is 1. The molecule has 0 aliphatic carbocycles. The van der Waals surface area contributed by atoms with Crippen LogP contribution in [0.4, 0.5) is 8.78 Å². The first kappa shape index (κ1) is 19.8. The number of hydrogen-bond donors (Lipinski definition) is 1. The lowest BCUT2D eigenvalue weighted by Gasteiger charge is -2.35. The summed E-state index contributed by atoms with van der Waals surface area (Å²) < 4.78 is 26.2. The highest BCUT2D eigenvalue weighted by Gasteiger charge is 2.27. The number of hydrogen-bond acceptors (Lipinski definition) is 3. The van der Waals surface area contributed by atoms with E-state index in [4.69, 9.17) is 0 Å². The third-order valence-corrected chi connectivity index (χ3v) is 4.17. The van der Waals surface area contributed by atoms with Gasteiger partial charge in [0.2, 0.25) is 11.8 Å². The molecule has 0 atom stereocenters. The van der Waals surface area contributed by atoms with Crippen LogP contribution in [0.25, 0.3) is 0 Å². The molecule has 1 fully saturated rings. The number of halogens is 2. The minimum Gasteiger partial charge on any atom is -0.347 e. The molecule has 1 heterocycles. The molecule has 1 aromatic carbocycles. The van der Waals surface area contributed by atoms with Crippen LogP contribution in [0.3, 0.4) is 0 Å². The first-order chi connectivity index (χ1) is 12.1. The first-order valence-corrected chi connectivity index (χ1v) is 8.40. The molecular weight excluding hydrogens is 344 g/mol. The number of amides is 3. The summed E-state index contributed by atoms with van der Waals surface area (Å²) in [4.78, 5) is 39.4. The van der Waals surface area contributed by atoms with Gasteiger partial charge in [-0.15, -0.1) is 0 Å². The second-order valence-corrected chi connectivity index (χ2v) is 7.23. The SMILES string of the molecule is CC(C)(C)C(=O)NCC(=O)N1CCN(C(=O)c2ccc(F)c(F)c2)CC1. The number of benzene rings is 1. The summed E-state index contributed by atoms with van der Waals surface area (Å²) in [5, 5.41) is 2.60. The van der Waals surface area contributed by atoms with E-state index in [1.165, 1.54) is 11.0 Å². The summed E-state index contributed by atoms with van der Waals surface area (Å²) >= 11 is 0. The highest BCUT2D eigenvalue weighted by molar-refractivity contribution is 5.94. The topological polar surface area (TPSA) is 69.7 Å². The van der Waals surface area contributed by atoms with Crippen LogP contribution in [0.15, 0.2) is 18.2 Å². The van der Waals surface area contributed by atoms with Gasteiger partial charge in [-0.25, -0.2) is 8.78 Å². The van der Waals surface area contributed by atoms with E-state index in [-0.39, 0.29) is 37.0 Å². The maximum atomic E-state index is 13.3. The standard InChI is InChI=1S/C18H23F2N3O3/c1-18(2,3)17(26)21-11-15(24)22-6-8-23(9-7-22)16(25)12-4-5-13(19)14(20)10-12/h4-5,10H,6-9,11H2,1-3H3,(H,21,26). The van der Waals surface area contributed by atoms with Crippen LogP contribution in [0.2, 0.25) is 0 Å². The molecular formula is C18H23F2N3O3. The van der Waals surface area contributed by atoms with Crippen LogP contribution in [-0.2, 0) is 9.59 Å². The molecule has 3 amide bonds. The van der Waals surface area contributed by atoms with Gasteiger partial charge in [0, 0.05) is 37.2 Å².